The van der Waals surface area contributed by atoms with Crippen LogP contribution in [0.15, 0.2) is 28.9 Å². The Morgan fingerprint density at radius 3 is 3.00 bits per heavy atom. The standard InChI is InChI=1S/C12H18IN/c1-4-5-10(3)14-12-7-6-11(13)8-9(12)2/h5,11H,2,4,6-8H2,1,3H3/b10-5-,14-12?. The third-order valence-corrected chi connectivity index (χ3v) is 3.44. The largest absolute Gasteiger partial charge is 0.258 e. The van der Waals surface area contributed by atoms with Gasteiger partial charge in [-0.25, -0.2) is 0 Å². The lowest BCUT2D eigenvalue weighted by Gasteiger charge is -2.20. The third kappa shape index (κ3) is 3.56. The maximum absolute atomic E-state index is 4.62. The highest BCUT2D eigenvalue weighted by atomic mass is 127. The van der Waals surface area contributed by atoms with E-state index < -0.39 is 0 Å². The second kappa shape index (κ2) is 5.69. The Morgan fingerprint density at radius 2 is 2.43 bits per heavy atom. The fourth-order valence-corrected chi connectivity index (χ4v) is 2.49. The molecule has 0 saturated heterocycles. The normalized spacial score (nSPS) is 27.1. The first-order chi connectivity index (χ1) is 6.63. The molecule has 0 N–H and O–H groups in total. The summed E-state index contributed by atoms with van der Waals surface area (Å²) in [5.41, 5.74) is 3.59. The average molecular weight is 303 g/mol. The number of alkyl halides is 1. The predicted octanol–water partition coefficient (Wildman–Crippen LogP) is 4.28. The van der Waals surface area contributed by atoms with Crippen molar-refractivity contribution < 1.29 is 0 Å². The minimum Gasteiger partial charge on any atom is -0.258 e. The van der Waals surface area contributed by atoms with Crippen molar-refractivity contribution in [2.45, 2.75) is 43.5 Å². The molecule has 1 fully saturated rings. The predicted molar refractivity (Wildman–Crippen MR) is 72.3 cm³/mol. The zero-order valence-electron chi connectivity index (χ0n) is 9.02. The maximum Gasteiger partial charge on any atom is 0.0433 e. The molecule has 1 aliphatic rings. The Kier molecular flexibility index (Phi) is 4.85. The van der Waals surface area contributed by atoms with Crippen molar-refractivity contribution in [1.29, 1.82) is 0 Å². The van der Waals surface area contributed by atoms with Crippen molar-refractivity contribution in [1.82, 2.24) is 0 Å². The molecule has 1 atom stereocenters. The van der Waals surface area contributed by atoms with Crippen molar-refractivity contribution in [2.75, 3.05) is 0 Å². The van der Waals surface area contributed by atoms with E-state index in [1.807, 2.05) is 0 Å². The van der Waals surface area contributed by atoms with Gasteiger partial charge in [0.1, 0.15) is 0 Å². The van der Waals surface area contributed by atoms with E-state index in [0.29, 0.717) is 0 Å². The van der Waals surface area contributed by atoms with E-state index in [4.69, 9.17) is 0 Å². The molecule has 0 bridgehead atoms. The van der Waals surface area contributed by atoms with Crippen LogP contribution < -0.4 is 0 Å². The van der Waals surface area contributed by atoms with Gasteiger partial charge in [-0.2, -0.15) is 0 Å². The molecule has 1 aliphatic carbocycles. The zero-order chi connectivity index (χ0) is 10.6. The number of hydrogen-bond donors (Lipinski definition) is 0. The van der Waals surface area contributed by atoms with Crippen molar-refractivity contribution in [3.8, 4) is 0 Å². The van der Waals surface area contributed by atoms with Gasteiger partial charge in [0.05, 0.1) is 0 Å². The summed E-state index contributed by atoms with van der Waals surface area (Å²) in [6, 6.07) is 0. The van der Waals surface area contributed by atoms with Gasteiger partial charge >= 0.3 is 0 Å². The van der Waals surface area contributed by atoms with Crippen LogP contribution in [0.5, 0.6) is 0 Å². The first kappa shape index (κ1) is 12.0. The molecule has 0 amide bonds. The van der Waals surface area contributed by atoms with Crippen molar-refractivity contribution in [3.63, 3.8) is 0 Å². The Bertz CT molecular complexity index is 276. The summed E-state index contributed by atoms with van der Waals surface area (Å²) in [4.78, 5) is 4.62. The van der Waals surface area contributed by atoms with E-state index in [9.17, 15) is 0 Å². The van der Waals surface area contributed by atoms with Gasteiger partial charge in [-0.15, -0.1) is 0 Å². The zero-order valence-corrected chi connectivity index (χ0v) is 11.2. The molecule has 1 unspecified atom stereocenters. The van der Waals surface area contributed by atoms with Crippen LogP contribution in [0.1, 0.15) is 39.5 Å². The van der Waals surface area contributed by atoms with E-state index in [2.05, 4.69) is 54.1 Å². The minimum atomic E-state index is 0.759. The Morgan fingerprint density at radius 1 is 1.71 bits per heavy atom. The van der Waals surface area contributed by atoms with Crippen LogP contribution in [0.3, 0.4) is 0 Å². The van der Waals surface area contributed by atoms with E-state index in [1.54, 1.807) is 0 Å². The van der Waals surface area contributed by atoms with Crippen molar-refractivity contribution in [3.05, 3.63) is 23.9 Å². The van der Waals surface area contributed by atoms with E-state index in [-0.39, 0.29) is 0 Å². The Hall–Kier alpha value is -0.120. The number of nitrogens with zero attached hydrogens (tertiary/aromatic N) is 1. The molecular formula is C12H18IN. The lowest BCUT2D eigenvalue weighted by atomic mass is 9.94. The molecule has 0 aliphatic heterocycles. The van der Waals surface area contributed by atoms with Crippen LogP contribution in [0, 0.1) is 0 Å². The highest BCUT2D eigenvalue weighted by Gasteiger charge is 2.17. The number of allylic oxidation sites excluding steroid dienone is 3. The van der Waals surface area contributed by atoms with Crippen LogP contribution in [0.2, 0.25) is 0 Å². The highest BCUT2D eigenvalue weighted by Crippen LogP contribution is 2.26. The van der Waals surface area contributed by atoms with Crippen LogP contribution in [0.4, 0.5) is 0 Å². The summed E-state index contributed by atoms with van der Waals surface area (Å²) >= 11 is 2.50. The molecule has 1 rings (SSSR count). The fraction of sp³-hybridized carbons (Fsp3) is 0.583. The van der Waals surface area contributed by atoms with Crippen molar-refractivity contribution >= 4 is 28.3 Å². The molecule has 2 heteroatoms. The van der Waals surface area contributed by atoms with Gasteiger partial charge in [0.25, 0.3) is 0 Å². The Balaban J connectivity index is 2.69. The van der Waals surface area contributed by atoms with Gasteiger partial charge in [0.15, 0.2) is 0 Å². The quantitative estimate of drug-likeness (QED) is 0.533. The smallest absolute Gasteiger partial charge is 0.0433 e. The van der Waals surface area contributed by atoms with Gasteiger partial charge in [0.2, 0.25) is 0 Å². The minimum absolute atomic E-state index is 0.759. The lowest BCUT2D eigenvalue weighted by molar-refractivity contribution is 0.776. The number of hydrogen-bond acceptors (Lipinski definition) is 1. The second-order valence-electron chi connectivity index (χ2n) is 3.76. The first-order valence-electron chi connectivity index (χ1n) is 5.20. The molecule has 14 heavy (non-hydrogen) atoms. The van der Waals surface area contributed by atoms with Gasteiger partial charge in [-0.05, 0) is 38.2 Å². The molecule has 0 spiro atoms. The van der Waals surface area contributed by atoms with Crippen LogP contribution in [-0.4, -0.2) is 9.64 Å². The van der Waals surface area contributed by atoms with Gasteiger partial charge < -0.3 is 0 Å². The monoisotopic (exact) mass is 303 g/mol. The van der Waals surface area contributed by atoms with Gasteiger partial charge in [-0.1, -0.05) is 42.2 Å². The molecular weight excluding hydrogens is 285 g/mol. The molecule has 1 nitrogen and oxygen atoms in total. The Labute approximate surface area is 101 Å². The molecule has 1 saturated carbocycles. The lowest BCUT2D eigenvalue weighted by Crippen LogP contribution is -2.16. The molecule has 0 aromatic rings. The van der Waals surface area contributed by atoms with Gasteiger partial charge in [0, 0.05) is 15.3 Å². The molecule has 78 valence electrons. The topological polar surface area (TPSA) is 12.4 Å². The summed E-state index contributed by atoms with van der Waals surface area (Å²) < 4.78 is 0.759. The summed E-state index contributed by atoms with van der Waals surface area (Å²) in [6.07, 6.45) is 6.68. The summed E-state index contributed by atoms with van der Waals surface area (Å²) in [5, 5.41) is 0. The van der Waals surface area contributed by atoms with Crippen LogP contribution in [0.25, 0.3) is 0 Å². The van der Waals surface area contributed by atoms with E-state index in [1.165, 1.54) is 17.7 Å². The highest BCUT2D eigenvalue weighted by molar-refractivity contribution is 14.1. The summed E-state index contributed by atoms with van der Waals surface area (Å²) in [6.45, 7) is 8.30. The molecule has 0 radical (unpaired) electrons. The summed E-state index contributed by atoms with van der Waals surface area (Å²) in [5.74, 6) is 0. The van der Waals surface area contributed by atoms with E-state index >= 15 is 0 Å². The van der Waals surface area contributed by atoms with E-state index in [0.717, 1.165) is 28.9 Å². The number of halogens is 1. The maximum atomic E-state index is 4.62. The van der Waals surface area contributed by atoms with Crippen LogP contribution >= 0.6 is 22.6 Å². The first-order valence-corrected chi connectivity index (χ1v) is 6.44. The molecule has 0 aromatic heterocycles. The summed E-state index contributed by atoms with van der Waals surface area (Å²) in [7, 11) is 0. The average Bonchev–Trinajstić information content (AvgIpc) is 2.10. The second-order valence-corrected chi connectivity index (χ2v) is 5.52. The van der Waals surface area contributed by atoms with Gasteiger partial charge in [-0.3, -0.25) is 4.99 Å². The van der Waals surface area contributed by atoms with Crippen LogP contribution in [-0.2, 0) is 0 Å². The fourth-order valence-electron chi connectivity index (χ4n) is 1.65. The molecule has 0 heterocycles. The molecule has 0 aromatic carbocycles. The number of aliphatic imine (C=N–C) groups is 1. The number of rotatable bonds is 2. The van der Waals surface area contributed by atoms with Crippen molar-refractivity contribution in [2.24, 2.45) is 4.99 Å². The SMILES string of the molecule is C=C1CC(I)CCC1=N/C(C)=C\CC. The third-order valence-electron chi connectivity index (χ3n) is 2.38.